The smallest absolute Gasteiger partial charge is 0.241 e. The average Bonchev–Trinajstić information content (AvgIpc) is 2.26. The highest BCUT2D eigenvalue weighted by Gasteiger charge is 2.15. The molecule has 1 aromatic rings. The van der Waals surface area contributed by atoms with Gasteiger partial charge < -0.3 is 5.32 Å². The average molecular weight is 335 g/mol. The van der Waals surface area contributed by atoms with Crippen LogP contribution in [0.2, 0.25) is 0 Å². The molecular weight excluding hydrogens is 320 g/mol. The Bertz CT molecular complexity index is 512. The van der Waals surface area contributed by atoms with Crippen molar-refractivity contribution in [2.24, 2.45) is 0 Å². The van der Waals surface area contributed by atoms with E-state index in [0.29, 0.717) is 0 Å². The van der Waals surface area contributed by atoms with Crippen LogP contribution in [-0.4, -0.2) is 26.9 Å². The number of hydrogen-bond donors (Lipinski definition) is 2. The van der Waals surface area contributed by atoms with E-state index in [9.17, 15) is 13.2 Å². The topological polar surface area (TPSA) is 75.3 Å². The Morgan fingerprint density at radius 3 is 2.33 bits per heavy atom. The first-order valence-corrected chi connectivity index (χ1v) is 7.63. The van der Waals surface area contributed by atoms with Crippen LogP contribution < -0.4 is 10.0 Å². The number of halogens is 1. The summed E-state index contributed by atoms with van der Waals surface area (Å²) in [5.74, 6) is -0.356. The molecule has 0 unspecified atom stereocenters. The Morgan fingerprint density at radius 1 is 1.28 bits per heavy atom. The molecule has 7 heteroatoms. The summed E-state index contributed by atoms with van der Waals surface area (Å²) < 4.78 is 26.7. The van der Waals surface area contributed by atoms with Crippen molar-refractivity contribution in [2.45, 2.75) is 24.8 Å². The fourth-order valence-electron chi connectivity index (χ4n) is 1.23. The summed E-state index contributed by atoms with van der Waals surface area (Å²) in [6.07, 6.45) is 0. The zero-order chi connectivity index (χ0) is 13.8. The molecule has 1 aromatic carbocycles. The van der Waals surface area contributed by atoms with Gasteiger partial charge in [-0.2, -0.15) is 0 Å². The van der Waals surface area contributed by atoms with Crippen molar-refractivity contribution in [2.75, 3.05) is 6.54 Å². The third kappa shape index (κ3) is 4.75. The third-order valence-corrected chi connectivity index (χ3v) is 3.94. The number of nitrogens with one attached hydrogen (secondary N) is 2. The fraction of sp³-hybridized carbons (Fsp3) is 0.364. The van der Waals surface area contributed by atoms with E-state index in [4.69, 9.17) is 0 Å². The van der Waals surface area contributed by atoms with Crippen molar-refractivity contribution in [3.05, 3.63) is 28.7 Å². The number of sulfonamides is 1. The molecule has 0 atom stereocenters. The first-order valence-electron chi connectivity index (χ1n) is 5.36. The lowest BCUT2D eigenvalue weighted by Crippen LogP contribution is -2.39. The van der Waals surface area contributed by atoms with Crippen LogP contribution in [0.3, 0.4) is 0 Å². The molecular formula is C11H15BrN2O3S. The Balaban J connectivity index is 2.66. The lowest BCUT2D eigenvalue weighted by Gasteiger charge is -2.09. The maximum Gasteiger partial charge on any atom is 0.241 e. The summed E-state index contributed by atoms with van der Waals surface area (Å²) in [6, 6.07) is 6.17. The standard InChI is InChI=1S/C11H15BrN2O3S/c1-8(2)14-11(15)7-13-18(16,17)10-5-3-9(12)4-6-10/h3-6,8,13H,7H2,1-2H3,(H,14,15). The lowest BCUT2D eigenvalue weighted by molar-refractivity contribution is -0.120. The van der Waals surface area contributed by atoms with E-state index in [1.807, 2.05) is 0 Å². The van der Waals surface area contributed by atoms with Crippen LogP contribution in [0.25, 0.3) is 0 Å². The van der Waals surface area contributed by atoms with Crippen LogP contribution in [0, 0.1) is 0 Å². The third-order valence-electron chi connectivity index (χ3n) is 2.00. The highest BCUT2D eigenvalue weighted by atomic mass is 79.9. The summed E-state index contributed by atoms with van der Waals surface area (Å²) in [5, 5.41) is 2.60. The summed E-state index contributed by atoms with van der Waals surface area (Å²) in [7, 11) is -3.64. The molecule has 0 radical (unpaired) electrons. The number of amides is 1. The quantitative estimate of drug-likeness (QED) is 0.850. The predicted octanol–water partition coefficient (Wildman–Crippen LogP) is 1.25. The van der Waals surface area contributed by atoms with E-state index < -0.39 is 10.0 Å². The van der Waals surface area contributed by atoms with Gasteiger partial charge in [-0.15, -0.1) is 0 Å². The zero-order valence-corrected chi connectivity index (χ0v) is 12.5. The number of carbonyl (C=O) groups excluding carboxylic acids is 1. The highest BCUT2D eigenvalue weighted by Crippen LogP contribution is 2.14. The Labute approximate surface area is 115 Å². The van der Waals surface area contributed by atoms with Gasteiger partial charge in [0.25, 0.3) is 0 Å². The molecule has 18 heavy (non-hydrogen) atoms. The normalized spacial score (nSPS) is 11.6. The highest BCUT2D eigenvalue weighted by molar-refractivity contribution is 9.10. The second-order valence-electron chi connectivity index (χ2n) is 4.00. The second kappa shape index (κ2) is 6.31. The first-order chi connectivity index (χ1) is 8.31. The van der Waals surface area contributed by atoms with Crippen LogP contribution in [0.5, 0.6) is 0 Å². The molecule has 2 N–H and O–H groups in total. The molecule has 100 valence electrons. The van der Waals surface area contributed by atoms with E-state index in [0.717, 1.165) is 4.47 Å². The minimum atomic E-state index is -3.64. The van der Waals surface area contributed by atoms with E-state index in [-0.39, 0.29) is 23.4 Å². The molecule has 0 bridgehead atoms. The van der Waals surface area contributed by atoms with Gasteiger partial charge in [0.2, 0.25) is 15.9 Å². The number of carbonyl (C=O) groups is 1. The van der Waals surface area contributed by atoms with Gasteiger partial charge in [0.05, 0.1) is 11.4 Å². The first kappa shape index (κ1) is 15.1. The Hall–Kier alpha value is -0.920. The molecule has 0 aromatic heterocycles. The molecule has 0 spiro atoms. The number of benzene rings is 1. The van der Waals surface area contributed by atoms with E-state index in [2.05, 4.69) is 26.0 Å². The van der Waals surface area contributed by atoms with Gasteiger partial charge >= 0.3 is 0 Å². The summed E-state index contributed by atoms with van der Waals surface area (Å²) in [4.78, 5) is 11.5. The fourth-order valence-corrected chi connectivity index (χ4v) is 2.48. The monoisotopic (exact) mass is 334 g/mol. The predicted molar refractivity (Wildman–Crippen MR) is 72.6 cm³/mol. The lowest BCUT2D eigenvalue weighted by atomic mass is 10.4. The van der Waals surface area contributed by atoms with Crippen LogP contribution >= 0.6 is 15.9 Å². The molecule has 1 amide bonds. The minimum absolute atomic E-state index is 0.0188. The molecule has 0 saturated carbocycles. The number of hydrogen-bond acceptors (Lipinski definition) is 3. The maximum absolute atomic E-state index is 11.8. The van der Waals surface area contributed by atoms with Crippen molar-refractivity contribution in [1.82, 2.24) is 10.0 Å². The van der Waals surface area contributed by atoms with Gasteiger partial charge in [-0.05, 0) is 38.1 Å². The van der Waals surface area contributed by atoms with Gasteiger partial charge in [-0.3, -0.25) is 4.79 Å². The molecule has 1 rings (SSSR count). The summed E-state index contributed by atoms with van der Waals surface area (Å²) >= 11 is 3.22. The summed E-state index contributed by atoms with van der Waals surface area (Å²) in [6.45, 7) is 3.35. The second-order valence-corrected chi connectivity index (χ2v) is 6.68. The zero-order valence-electron chi connectivity index (χ0n) is 10.1. The van der Waals surface area contributed by atoms with Gasteiger partial charge in [0, 0.05) is 10.5 Å². The van der Waals surface area contributed by atoms with Crippen LogP contribution in [0.1, 0.15) is 13.8 Å². The minimum Gasteiger partial charge on any atom is -0.353 e. The summed E-state index contributed by atoms with van der Waals surface area (Å²) in [5.41, 5.74) is 0. The van der Waals surface area contributed by atoms with Crippen molar-refractivity contribution in [1.29, 1.82) is 0 Å². The van der Waals surface area contributed by atoms with Gasteiger partial charge in [0.1, 0.15) is 0 Å². The van der Waals surface area contributed by atoms with Gasteiger partial charge in [-0.1, -0.05) is 15.9 Å². The van der Waals surface area contributed by atoms with Gasteiger partial charge in [0.15, 0.2) is 0 Å². The molecule has 0 fully saturated rings. The Morgan fingerprint density at radius 2 is 1.83 bits per heavy atom. The van der Waals surface area contributed by atoms with Crippen molar-refractivity contribution in [3.8, 4) is 0 Å². The Kier molecular flexibility index (Phi) is 5.30. The number of rotatable bonds is 5. The van der Waals surface area contributed by atoms with Gasteiger partial charge in [-0.25, -0.2) is 13.1 Å². The molecule has 0 saturated heterocycles. The molecule has 0 aliphatic rings. The van der Waals surface area contributed by atoms with Crippen LogP contribution in [0.4, 0.5) is 0 Å². The van der Waals surface area contributed by atoms with E-state index in [1.54, 1.807) is 26.0 Å². The molecule has 0 aliphatic heterocycles. The van der Waals surface area contributed by atoms with E-state index >= 15 is 0 Å². The van der Waals surface area contributed by atoms with E-state index in [1.165, 1.54) is 12.1 Å². The van der Waals surface area contributed by atoms with Crippen LogP contribution in [0.15, 0.2) is 33.6 Å². The molecule has 0 aliphatic carbocycles. The molecule has 0 heterocycles. The van der Waals surface area contributed by atoms with Crippen LogP contribution in [-0.2, 0) is 14.8 Å². The van der Waals surface area contributed by atoms with Crippen molar-refractivity contribution in [3.63, 3.8) is 0 Å². The van der Waals surface area contributed by atoms with Crippen molar-refractivity contribution >= 4 is 31.9 Å². The van der Waals surface area contributed by atoms with Crippen molar-refractivity contribution < 1.29 is 13.2 Å². The molecule has 5 nitrogen and oxygen atoms in total. The SMILES string of the molecule is CC(C)NC(=O)CNS(=O)(=O)c1ccc(Br)cc1. The maximum atomic E-state index is 11.8. The largest absolute Gasteiger partial charge is 0.353 e.